The van der Waals surface area contributed by atoms with E-state index < -0.39 is 0 Å². The fourth-order valence-corrected chi connectivity index (χ4v) is 2.09. The second-order valence-electron chi connectivity index (χ2n) is 4.56. The Labute approximate surface area is 135 Å². The van der Waals surface area contributed by atoms with E-state index in [0.29, 0.717) is 16.9 Å². The number of aromatic nitrogens is 2. The van der Waals surface area contributed by atoms with E-state index in [-0.39, 0.29) is 0 Å². The van der Waals surface area contributed by atoms with E-state index in [1.165, 1.54) is 12.8 Å². The van der Waals surface area contributed by atoms with Crippen molar-refractivity contribution in [3.8, 4) is 0 Å². The Morgan fingerprint density at radius 2 is 2.10 bits per heavy atom. The number of hydrogen-bond donors (Lipinski definition) is 2. The van der Waals surface area contributed by atoms with Gasteiger partial charge in [-0.05, 0) is 42.9 Å². The Bertz CT molecular complexity index is 618. The van der Waals surface area contributed by atoms with Crippen molar-refractivity contribution in [3.05, 3.63) is 53.2 Å². The lowest BCUT2D eigenvalue weighted by Crippen LogP contribution is -2.03. The molecule has 1 saturated carbocycles. The number of hydrazone groups is 1. The fourth-order valence-electron chi connectivity index (χ4n) is 1.89. The molecule has 0 unspecified atom stereocenters. The van der Waals surface area contributed by atoms with Crippen LogP contribution in [0.1, 0.15) is 30.3 Å². The number of halogens is 1. The highest BCUT2D eigenvalue weighted by atomic mass is 35.5. The molecule has 1 aromatic heterocycles. The number of allylic oxidation sites excluding steroid dienone is 4. The maximum absolute atomic E-state index is 6.09. The van der Waals surface area contributed by atoms with Crippen LogP contribution in [0.3, 0.4) is 0 Å². The molecule has 2 aliphatic rings. The van der Waals surface area contributed by atoms with Gasteiger partial charge in [0.05, 0.1) is 0 Å². The second-order valence-corrected chi connectivity index (χ2v) is 4.95. The lowest BCUT2D eigenvalue weighted by atomic mass is 10.1. The zero-order valence-corrected chi connectivity index (χ0v) is 13.4. The lowest BCUT2D eigenvalue weighted by molar-refractivity contribution is 0.963. The third-order valence-electron chi connectivity index (χ3n) is 3.05. The van der Waals surface area contributed by atoms with Crippen LogP contribution in [-0.4, -0.2) is 22.4 Å². The smallest absolute Gasteiger partial charge is 0.161 e. The summed E-state index contributed by atoms with van der Waals surface area (Å²) in [5.41, 5.74) is 5.44. The van der Waals surface area contributed by atoms with E-state index in [9.17, 15) is 0 Å². The van der Waals surface area contributed by atoms with Crippen molar-refractivity contribution in [3.63, 3.8) is 0 Å². The molecule has 1 aromatic rings. The van der Waals surface area contributed by atoms with Gasteiger partial charge in [-0.3, -0.25) is 5.43 Å². The average Bonchev–Trinajstić information content (AvgIpc) is 3.29. The van der Waals surface area contributed by atoms with Crippen LogP contribution in [0, 0.1) is 0 Å². The Morgan fingerprint density at radius 1 is 1.33 bits per heavy atom. The summed E-state index contributed by atoms with van der Waals surface area (Å²) in [4.78, 5) is 8.90. The maximum atomic E-state index is 6.09. The summed E-state index contributed by atoms with van der Waals surface area (Å²) in [6.45, 7) is 4.01. The molecule has 21 heavy (non-hydrogen) atoms. The predicted molar refractivity (Wildman–Crippen MR) is 91.8 cm³/mol. The summed E-state index contributed by atoms with van der Waals surface area (Å²) in [7, 11) is 0. The van der Waals surface area contributed by atoms with E-state index in [0.717, 1.165) is 16.8 Å². The molecule has 1 aliphatic carbocycles. The van der Waals surface area contributed by atoms with Crippen LogP contribution in [0.25, 0.3) is 5.57 Å². The molecule has 0 atom stereocenters. The van der Waals surface area contributed by atoms with Crippen LogP contribution in [-0.2, 0) is 0 Å². The molecule has 4 nitrogen and oxygen atoms in total. The first kappa shape index (κ1) is 15.8. The average molecular weight is 321 g/mol. The van der Waals surface area contributed by atoms with Gasteiger partial charge in [0.1, 0.15) is 5.15 Å². The molecule has 0 saturated heterocycles. The molecule has 110 valence electrons. The van der Waals surface area contributed by atoms with Crippen molar-refractivity contribution in [2.45, 2.75) is 18.8 Å². The van der Waals surface area contributed by atoms with Gasteiger partial charge in [0, 0.05) is 29.6 Å². The largest absolute Gasteiger partial charge is 0.286 e. The van der Waals surface area contributed by atoms with Crippen molar-refractivity contribution in [2.24, 2.45) is 5.10 Å². The van der Waals surface area contributed by atoms with Crippen LogP contribution >= 0.6 is 24.2 Å². The van der Waals surface area contributed by atoms with E-state index in [1.807, 2.05) is 18.2 Å². The minimum absolute atomic E-state index is 0.474. The zero-order valence-electron chi connectivity index (χ0n) is 11.8. The van der Waals surface area contributed by atoms with Gasteiger partial charge in [0.25, 0.3) is 0 Å². The predicted octanol–water partition coefficient (Wildman–Crippen LogP) is 3.60. The van der Waals surface area contributed by atoms with Crippen molar-refractivity contribution >= 4 is 36.0 Å². The van der Waals surface area contributed by atoms with Crippen molar-refractivity contribution in [1.82, 2.24) is 15.4 Å². The van der Waals surface area contributed by atoms with Crippen LogP contribution < -0.4 is 5.43 Å². The minimum atomic E-state index is 0.474. The summed E-state index contributed by atoms with van der Waals surface area (Å²) in [6, 6.07) is 1.85. The standard InChI is InChI=1S/C14H13ClN4.CH4S/c1-9-4-6-16-17-7-5-11(9)14-18-12(10-2-3-10)8-13(15)19-14;1-2/h4-8,10,16H,1-3H2;2H,1H3/b6-4-,11-5+,17-7-;. The molecule has 0 spiro atoms. The van der Waals surface area contributed by atoms with Crippen molar-refractivity contribution < 1.29 is 0 Å². The normalized spacial score (nSPS) is 22.6. The molecule has 0 bridgehead atoms. The minimum Gasteiger partial charge on any atom is -0.286 e. The highest BCUT2D eigenvalue weighted by molar-refractivity contribution is 7.79. The third kappa shape index (κ3) is 4.19. The molecule has 1 aliphatic heterocycles. The Hall–Kier alpha value is -1.59. The lowest BCUT2D eigenvalue weighted by Gasteiger charge is -2.09. The van der Waals surface area contributed by atoms with Gasteiger partial charge in [0.2, 0.25) is 0 Å². The van der Waals surface area contributed by atoms with Crippen LogP contribution in [0.4, 0.5) is 0 Å². The third-order valence-corrected chi connectivity index (χ3v) is 3.24. The Balaban J connectivity index is 0.000000774. The van der Waals surface area contributed by atoms with E-state index >= 15 is 0 Å². The topological polar surface area (TPSA) is 50.2 Å². The molecular weight excluding hydrogens is 304 g/mol. The SMILES string of the molecule is C=C1/C=C\N/N=C\C=C/1c1nc(Cl)cc(C2CC2)n1.CS. The van der Waals surface area contributed by atoms with Gasteiger partial charge >= 0.3 is 0 Å². The molecule has 2 heterocycles. The number of hydrogen-bond acceptors (Lipinski definition) is 5. The number of rotatable bonds is 2. The molecule has 1 fully saturated rings. The number of thiol groups is 1. The van der Waals surface area contributed by atoms with Gasteiger partial charge in [0.15, 0.2) is 5.82 Å². The quantitative estimate of drug-likeness (QED) is 0.646. The second kappa shape index (κ2) is 7.43. The Morgan fingerprint density at radius 3 is 2.81 bits per heavy atom. The van der Waals surface area contributed by atoms with E-state index in [4.69, 9.17) is 11.6 Å². The maximum Gasteiger partial charge on any atom is 0.161 e. The molecule has 1 N–H and O–H groups in total. The first-order valence-electron chi connectivity index (χ1n) is 6.58. The molecular formula is C15H17ClN4S. The first-order chi connectivity index (χ1) is 10.2. The highest BCUT2D eigenvalue weighted by Gasteiger charge is 2.26. The summed E-state index contributed by atoms with van der Waals surface area (Å²) >= 11 is 9.62. The molecule has 6 heteroatoms. The van der Waals surface area contributed by atoms with Crippen molar-refractivity contribution in [1.29, 1.82) is 0 Å². The fraction of sp³-hybridized carbons (Fsp3) is 0.267. The summed E-state index contributed by atoms with van der Waals surface area (Å²) < 4.78 is 0. The molecule has 0 radical (unpaired) electrons. The highest BCUT2D eigenvalue weighted by Crippen LogP contribution is 2.40. The van der Waals surface area contributed by atoms with Crippen LogP contribution in [0.15, 0.2) is 41.7 Å². The summed E-state index contributed by atoms with van der Waals surface area (Å²) in [5.74, 6) is 1.14. The van der Waals surface area contributed by atoms with E-state index in [2.05, 4.69) is 39.7 Å². The summed E-state index contributed by atoms with van der Waals surface area (Å²) in [5, 5.41) is 4.44. The van der Waals surface area contributed by atoms with Gasteiger partial charge in [-0.15, -0.1) is 0 Å². The molecule has 0 amide bonds. The van der Waals surface area contributed by atoms with Gasteiger partial charge in [-0.25, -0.2) is 9.97 Å². The zero-order chi connectivity index (χ0) is 15.2. The van der Waals surface area contributed by atoms with Gasteiger partial charge in [-0.2, -0.15) is 17.7 Å². The van der Waals surface area contributed by atoms with E-state index in [1.54, 1.807) is 18.7 Å². The number of nitrogens with zero attached hydrogens (tertiary/aromatic N) is 3. The van der Waals surface area contributed by atoms with Gasteiger partial charge < -0.3 is 0 Å². The number of nitrogens with one attached hydrogen (secondary N) is 1. The summed E-state index contributed by atoms with van der Waals surface area (Å²) in [6.07, 6.45) is 11.1. The van der Waals surface area contributed by atoms with Crippen molar-refractivity contribution in [2.75, 3.05) is 6.26 Å². The first-order valence-corrected chi connectivity index (χ1v) is 7.85. The molecule has 0 aromatic carbocycles. The van der Waals surface area contributed by atoms with Gasteiger partial charge in [-0.1, -0.05) is 18.2 Å². The van der Waals surface area contributed by atoms with Crippen LogP contribution in [0.2, 0.25) is 5.15 Å². The molecule has 3 rings (SSSR count). The Kier molecular flexibility index (Phi) is 5.59. The monoisotopic (exact) mass is 320 g/mol. The van der Waals surface area contributed by atoms with Crippen LogP contribution in [0.5, 0.6) is 0 Å².